The Labute approximate surface area is 189 Å². The van der Waals surface area contributed by atoms with Gasteiger partial charge in [-0.2, -0.15) is 0 Å². The van der Waals surface area contributed by atoms with Gasteiger partial charge in [0.2, 0.25) is 0 Å². The van der Waals surface area contributed by atoms with Crippen LogP contribution in [0, 0.1) is 0 Å². The number of aliphatic imine (C=N–C) groups is 1. The molecule has 1 aliphatic rings. The van der Waals surface area contributed by atoms with Crippen molar-refractivity contribution < 1.29 is 9.47 Å². The van der Waals surface area contributed by atoms with Crippen LogP contribution in [0.4, 0.5) is 0 Å². The molecular weight excluding hydrogens is 483 g/mol. The molecule has 0 atom stereocenters. The molecule has 1 aliphatic heterocycles. The number of hydrogen-bond donors (Lipinski definition) is 2. The molecule has 1 aromatic heterocycles. The van der Waals surface area contributed by atoms with Crippen LogP contribution in [0.15, 0.2) is 23.2 Å². The van der Waals surface area contributed by atoms with Crippen LogP contribution in [0.25, 0.3) is 0 Å². The number of aryl methyl sites for hydroxylation is 1. The summed E-state index contributed by atoms with van der Waals surface area (Å²) in [4.78, 5) is 4.69. The van der Waals surface area contributed by atoms with Gasteiger partial charge in [0.15, 0.2) is 23.3 Å². The van der Waals surface area contributed by atoms with E-state index in [1.165, 1.54) is 19.3 Å². The first-order valence-corrected chi connectivity index (χ1v) is 9.89. The normalized spacial score (nSPS) is 13.7. The van der Waals surface area contributed by atoms with E-state index in [1.807, 2.05) is 18.2 Å². The third-order valence-electron chi connectivity index (χ3n) is 4.81. The topological polar surface area (TPSA) is 85.6 Å². The fourth-order valence-electron chi connectivity index (χ4n) is 3.33. The molecule has 1 aromatic carbocycles. The summed E-state index contributed by atoms with van der Waals surface area (Å²) in [5, 5.41) is 15.4. The standard InChI is InChI=1S/C20H30N6O2.HI/c1-4-21-20(22-13-15-9-10-16(27-2)17(12-15)28-3)23-14-19-25-24-18-8-6-5-7-11-26(18)19;/h9-10,12H,4-8,11,13-14H2,1-3H3,(H2,21,22,23);1H. The van der Waals surface area contributed by atoms with Crippen LogP contribution in [0.5, 0.6) is 11.5 Å². The van der Waals surface area contributed by atoms with Crippen molar-refractivity contribution in [1.82, 2.24) is 25.4 Å². The third kappa shape index (κ3) is 6.22. The van der Waals surface area contributed by atoms with E-state index in [0.29, 0.717) is 24.6 Å². The van der Waals surface area contributed by atoms with Crippen LogP contribution < -0.4 is 20.1 Å². The zero-order chi connectivity index (χ0) is 19.8. The highest BCUT2D eigenvalue weighted by molar-refractivity contribution is 14.0. The fraction of sp³-hybridized carbons (Fsp3) is 0.550. The van der Waals surface area contributed by atoms with Gasteiger partial charge in [-0.3, -0.25) is 0 Å². The maximum atomic E-state index is 5.37. The van der Waals surface area contributed by atoms with Crippen LogP contribution >= 0.6 is 24.0 Å². The van der Waals surface area contributed by atoms with Crippen molar-refractivity contribution in [3.05, 3.63) is 35.4 Å². The van der Waals surface area contributed by atoms with Crippen LogP contribution in [-0.2, 0) is 26.1 Å². The molecule has 0 fully saturated rings. The number of rotatable bonds is 7. The van der Waals surface area contributed by atoms with Gasteiger partial charge < -0.3 is 24.7 Å². The van der Waals surface area contributed by atoms with Crippen molar-refractivity contribution >= 4 is 29.9 Å². The Kier molecular flexibility index (Phi) is 9.49. The van der Waals surface area contributed by atoms with Crippen LogP contribution in [0.2, 0.25) is 0 Å². The van der Waals surface area contributed by atoms with E-state index in [1.54, 1.807) is 14.2 Å². The highest BCUT2D eigenvalue weighted by Gasteiger charge is 2.14. The molecule has 0 radical (unpaired) electrons. The molecule has 160 valence electrons. The van der Waals surface area contributed by atoms with Gasteiger partial charge in [0.25, 0.3) is 0 Å². The molecule has 3 rings (SSSR count). The van der Waals surface area contributed by atoms with Gasteiger partial charge in [0.05, 0.1) is 27.3 Å². The SMILES string of the molecule is CCNC(=NCc1ccc(OC)c(OC)c1)NCc1nnc2n1CCCCC2.I. The van der Waals surface area contributed by atoms with E-state index >= 15 is 0 Å². The van der Waals surface area contributed by atoms with Gasteiger partial charge in [0, 0.05) is 19.5 Å². The van der Waals surface area contributed by atoms with Crippen LogP contribution in [0.3, 0.4) is 0 Å². The molecule has 29 heavy (non-hydrogen) atoms. The summed E-state index contributed by atoms with van der Waals surface area (Å²) in [6.07, 6.45) is 4.65. The van der Waals surface area contributed by atoms with Gasteiger partial charge in [-0.05, 0) is 37.5 Å². The first-order chi connectivity index (χ1) is 13.7. The third-order valence-corrected chi connectivity index (χ3v) is 4.81. The molecule has 0 spiro atoms. The molecule has 2 aromatic rings. The second kappa shape index (κ2) is 11.8. The highest BCUT2D eigenvalue weighted by atomic mass is 127. The van der Waals surface area contributed by atoms with Crippen molar-refractivity contribution in [2.75, 3.05) is 20.8 Å². The quantitative estimate of drug-likeness (QED) is 0.336. The molecule has 0 saturated heterocycles. The van der Waals surface area contributed by atoms with Crippen molar-refractivity contribution in [1.29, 1.82) is 0 Å². The fourth-order valence-corrected chi connectivity index (χ4v) is 3.33. The van der Waals surface area contributed by atoms with Crippen LogP contribution in [0.1, 0.15) is 43.4 Å². The largest absolute Gasteiger partial charge is 0.493 e. The number of ether oxygens (including phenoxy) is 2. The van der Waals surface area contributed by atoms with E-state index in [0.717, 1.165) is 42.7 Å². The lowest BCUT2D eigenvalue weighted by Gasteiger charge is -2.13. The molecular formula is C20H31IN6O2. The number of aromatic nitrogens is 3. The van der Waals surface area contributed by atoms with Gasteiger partial charge in [-0.15, -0.1) is 34.2 Å². The zero-order valence-corrected chi connectivity index (χ0v) is 19.7. The maximum absolute atomic E-state index is 5.37. The number of nitrogens with one attached hydrogen (secondary N) is 2. The second-order valence-corrected chi connectivity index (χ2v) is 6.73. The highest BCUT2D eigenvalue weighted by Crippen LogP contribution is 2.27. The number of benzene rings is 1. The Morgan fingerprint density at radius 2 is 1.93 bits per heavy atom. The molecule has 9 heteroatoms. The minimum absolute atomic E-state index is 0. The first kappa shape index (κ1) is 23.2. The van der Waals surface area contributed by atoms with Crippen molar-refractivity contribution in [3.63, 3.8) is 0 Å². The van der Waals surface area contributed by atoms with E-state index in [4.69, 9.17) is 9.47 Å². The Morgan fingerprint density at radius 1 is 1.10 bits per heavy atom. The molecule has 0 amide bonds. The number of nitrogens with zero attached hydrogens (tertiary/aromatic N) is 4. The maximum Gasteiger partial charge on any atom is 0.191 e. The summed E-state index contributed by atoms with van der Waals surface area (Å²) in [5.74, 6) is 4.24. The minimum atomic E-state index is 0. The minimum Gasteiger partial charge on any atom is -0.493 e. The van der Waals surface area contributed by atoms with Crippen molar-refractivity contribution in [3.8, 4) is 11.5 Å². The summed E-state index contributed by atoms with van der Waals surface area (Å²) in [5.41, 5.74) is 1.05. The van der Waals surface area contributed by atoms with E-state index in [2.05, 4.69) is 37.3 Å². The molecule has 0 saturated carbocycles. The van der Waals surface area contributed by atoms with Gasteiger partial charge in [0.1, 0.15) is 5.82 Å². The van der Waals surface area contributed by atoms with Crippen LogP contribution in [-0.4, -0.2) is 41.5 Å². The number of methoxy groups -OCH3 is 2. The Hall–Kier alpha value is -2.04. The summed E-state index contributed by atoms with van der Waals surface area (Å²) in [7, 11) is 3.27. The van der Waals surface area contributed by atoms with Crippen molar-refractivity contribution in [2.24, 2.45) is 4.99 Å². The molecule has 0 unspecified atom stereocenters. The number of halogens is 1. The molecule has 2 heterocycles. The number of hydrogen-bond acceptors (Lipinski definition) is 5. The van der Waals surface area contributed by atoms with E-state index in [-0.39, 0.29) is 24.0 Å². The lowest BCUT2D eigenvalue weighted by molar-refractivity contribution is 0.354. The average Bonchev–Trinajstić information content (AvgIpc) is 2.95. The molecule has 0 aliphatic carbocycles. The Balaban J connectivity index is 0.00000300. The monoisotopic (exact) mass is 514 g/mol. The lowest BCUT2D eigenvalue weighted by Crippen LogP contribution is -2.37. The summed E-state index contributed by atoms with van der Waals surface area (Å²) in [6, 6.07) is 5.84. The molecule has 0 bridgehead atoms. The molecule has 2 N–H and O–H groups in total. The van der Waals surface area contributed by atoms with Gasteiger partial charge >= 0.3 is 0 Å². The smallest absolute Gasteiger partial charge is 0.191 e. The summed E-state index contributed by atoms with van der Waals surface area (Å²) >= 11 is 0. The number of fused-ring (bicyclic) bond motifs is 1. The van der Waals surface area contributed by atoms with Crippen molar-refractivity contribution in [2.45, 2.75) is 52.2 Å². The second-order valence-electron chi connectivity index (χ2n) is 6.73. The predicted octanol–water partition coefficient (Wildman–Crippen LogP) is 2.90. The summed E-state index contributed by atoms with van der Waals surface area (Å²) in [6.45, 7) is 4.98. The van der Waals surface area contributed by atoms with Gasteiger partial charge in [-0.25, -0.2) is 4.99 Å². The van der Waals surface area contributed by atoms with E-state index in [9.17, 15) is 0 Å². The van der Waals surface area contributed by atoms with E-state index < -0.39 is 0 Å². The number of guanidine groups is 1. The average molecular weight is 514 g/mol. The zero-order valence-electron chi connectivity index (χ0n) is 17.4. The first-order valence-electron chi connectivity index (χ1n) is 9.89. The Morgan fingerprint density at radius 3 is 2.69 bits per heavy atom. The van der Waals surface area contributed by atoms with Gasteiger partial charge in [-0.1, -0.05) is 12.5 Å². The lowest BCUT2D eigenvalue weighted by atomic mass is 10.2. The predicted molar refractivity (Wildman–Crippen MR) is 124 cm³/mol. The molecule has 8 nitrogen and oxygen atoms in total. The Bertz CT molecular complexity index is 808. The summed E-state index contributed by atoms with van der Waals surface area (Å²) < 4.78 is 12.9.